The summed E-state index contributed by atoms with van der Waals surface area (Å²) in [7, 11) is 0. The van der Waals surface area contributed by atoms with Crippen LogP contribution < -0.4 is 5.32 Å². The van der Waals surface area contributed by atoms with Gasteiger partial charge in [-0.3, -0.25) is 9.67 Å². The molecule has 1 N–H and O–H groups in total. The van der Waals surface area contributed by atoms with Crippen molar-refractivity contribution in [3.05, 3.63) is 47.0 Å². The van der Waals surface area contributed by atoms with Crippen molar-refractivity contribution >= 4 is 0 Å². The maximum Gasteiger partial charge on any atom is 0.0641 e. The standard InChI is InChI=1S/C16H24N4/c1-4-9-17-12-16-13(2)19-20(14(16)3)11-8-15-7-5-6-10-18-15/h5-7,10,17H,4,8-9,11-12H2,1-3H3. The Hall–Kier alpha value is -1.68. The summed E-state index contributed by atoms with van der Waals surface area (Å²) < 4.78 is 2.10. The highest BCUT2D eigenvalue weighted by Gasteiger charge is 2.10. The van der Waals surface area contributed by atoms with Crippen LogP contribution in [0.4, 0.5) is 0 Å². The maximum absolute atomic E-state index is 4.65. The molecule has 0 spiro atoms. The molecule has 2 aromatic heterocycles. The third-order valence-electron chi connectivity index (χ3n) is 3.57. The minimum Gasteiger partial charge on any atom is -0.313 e. The molecule has 0 fully saturated rings. The molecule has 0 saturated heterocycles. The first-order valence-corrected chi connectivity index (χ1v) is 7.36. The Kier molecular flexibility index (Phi) is 5.30. The Labute approximate surface area is 121 Å². The quantitative estimate of drug-likeness (QED) is 0.788. The lowest BCUT2D eigenvalue weighted by atomic mass is 10.2. The van der Waals surface area contributed by atoms with Crippen LogP contribution in [0.1, 0.15) is 36.0 Å². The number of aromatic nitrogens is 3. The van der Waals surface area contributed by atoms with Crippen LogP contribution in [-0.2, 0) is 19.5 Å². The fraction of sp³-hybridized carbons (Fsp3) is 0.500. The first-order valence-electron chi connectivity index (χ1n) is 7.36. The Balaban J connectivity index is 2.00. The lowest BCUT2D eigenvalue weighted by Gasteiger charge is -2.06. The minimum absolute atomic E-state index is 0.886. The molecule has 0 radical (unpaired) electrons. The minimum atomic E-state index is 0.886. The van der Waals surface area contributed by atoms with Gasteiger partial charge in [0.2, 0.25) is 0 Å². The molecule has 2 rings (SSSR count). The Morgan fingerprint density at radius 3 is 2.80 bits per heavy atom. The van der Waals surface area contributed by atoms with Gasteiger partial charge < -0.3 is 5.32 Å². The second-order valence-electron chi connectivity index (χ2n) is 5.12. The molecule has 0 amide bonds. The molecule has 2 heterocycles. The lowest BCUT2D eigenvalue weighted by Crippen LogP contribution is -2.15. The van der Waals surface area contributed by atoms with Crippen molar-refractivity contribution < 1.29 is 0 Å². The van der Waals surface area contributed by atoms with Crippen LogP contribution in [0.2, 0.25) is 0 Å². The number of rotatable bonds is 7. The normalized spacial score (nSPS) is 10.9. The van der Waals surface area contributed by atoms with Crippen molar-refractivity contribution in [3.63, 3.8) is 0 Å². The lowest BCUT2D eigenvalue weighted by molar-refractivity contribution is 0.586. The fourth-order valence-corrected chi connectivity index (χ4v) is 2.36. The van der Waals surface area contributed by atoms with E-state index in [1.54, 1.807) is 0 Å². The van der Waals surface area contributed by atoms with E-state index in [9.17, 15) is 0 Å². The molecule has 4 heteroatoms. The number of nitrogens with one attached hydrogen (secondary N) is 1. The van der Waals surface area contributed by atoms with Gasteiger partial charge in [-0.25, -0.2) is 0 Å². The zero-order valence-corrected chi connectivity index (χ0v) is 12.7. The molecule has 0 aliphatic heterocycles. The first-order chi connectivity index (χ1) is 9.72. The van der Waals surface area contributed by atoms with E-state index in [-0.39, 0.29) is 0 Å². The average molecular weight is 272 g/mol. The Morgan fingerprint density at radius 1 is 1.25 bits per heavy atom. The Bertz CT molecular complexity index is 531. The Morgan fingerprint density at radius 2 is 2.10 bits per heavy atom. The highest BCUT2D eigenvalue weighted by Crippen LogP contribution is 2.13. The SMILES string of the molecule is CCCNCc1c(C)nn(CCc2ccccn2)c1C. The summed E-state index contributed by atoms with van der Waals surface area (Å²) in [5.41, 5.74) is 4.85. The van der Waals surface area contributed by atoms with Crippen molar-refractivity contribution in [2.24, 2.45) is 0 Å². The van der Waals surface area contributed by atoms with Crippen LogP contribution in [0.15, 0.2) is 24.4 Å². The molecule has 4 nitrogen and oxygen atoms in total. The predicted octanol–water partition coefficient (Wildman–Crippen LogP) is 2.64. The molecule has 20 heavy (non-hydrogen) atoms. The summed E-state index contributed by atoms with van der Waals surface area (Å²) in [6.45, 7) is 9.28. The number of hydrogen-bond acceptors (Lipinski definition) is 3. The van der Waals surface area contributed by atoms with Crippen molar-refractivity contribution in [2.75, 3.05) is 6.54 Å². The molecule has 0 aliphatic carbocycles. The molecule has 2 aromatic rings. The smallest absolute Gasteiger partial charge is 0.0641 e. The first kappa shape index (κ1) is 14.7. The molecular formula is C16H24N4. The van der Waals surface area contributed by atoms with Gasteiger partial charge in [-0.1, -0.05) is 13.0 Å². The molecule has 108 valence electrons. The largest absolute Gasteiger partial charge is 0.313 e. The van der Waals surface area contributed by atoms with Gasteiger partial charge in [0.15, 0.2) is 0 Å². The molecule has 0 bridgehead atoms. The van der Waals surface area contributed by atoms with Crippen molar-refractivity contribution in [1.29, 1.82) is 0 Å². The summed E-state index contributed by atoms with van der Waals surface area (Å²) in [6.07, 6.45) is 3.92. The van der Waals surface area contributed by atoms with E-state index in [0.29, 0.717) is 0 Å². The summed E-state index contributed by atoms with van der Waals surface area (Å²) in [4.78, 5) is 4.36. The third-order valence-corrected chi connectivity index (χ3v) is 3.57. The van der Waals surface area contributed by atoms with Crippen molar-refractivity contribution in [3.8, 4) is 0 Å². The van der Waals surface area contributed by atoms with Crippen LogP contribution in [0.25, 0.3) is 0 Å². The van der Waals surface area contributed by atoms with E-state index in [1.165, 1.54) is 11.3 Å². The molecule has 0 saturated carbocycles. The van der Waals surface area contributed by atoms with Gasteiger partial charge in [0, 0.05) is 42.7 Å². The molecule has 0 aromatic carbocycles. The number of nitrogens with zero attached hydrogens (tertiary/aromatic N) is 3. The fourth-order valence-electron chi connectivity index (χ4n) is 2.36. The number of aryl methyl sites for hydroxylation is 3. The van der Waals surface area contributed by atoms with E-state index < -0.39 is 0 Å². The second kappa shape index (κ2) is 7.20. The van der Waals surface area contributed by atoms with Crippen LogP contribution >= 0.6 is 0 Å². The van der Waals surface area contributed by atoms with E-state index in [4.69, 9.17) is 0 Å². The van der Waals surface area contributed by atoms with Crippen LogP contribution in [-0.4, -0.2) is 21.3 Å². The zero-order chi connectivity index (χ0) is 14.4. The predicted molar refractivity (Wildman–Crippen MR) is 81.6 cm³/mol. The second-order valence-corrected chi connectivity index (χ2v) is 5.12. The van der Waals surface area contributed by atoms with Crippen LogP contribution in [0.5, 0.6) is 0 Å². The van der Waals surface area contributed by atoms with Gasteiger partial charge >= 0.3 is 0 Å². The zero-order valence-electron chi connectivity index (χ0n) is 12.7. The van der Waals surface area contributed by atoms with E-state index in [1.807, 2.05) is 18.3 Å². The van der Waals surface area contributed by atoms with E-state index >= 15 is 0 Å². The summed E-state index contributed by atoms with van der Waals surface area (Å²) in [5, 5.41) is 8.11. The van der Waals surface area contributed by atoms with E-state index in [2.05, 4.69) is 46.9 Å². The molecule has 0 aliphatic rings. The van der Waals surface area contributed by atoms with Gasteiger partial charge in [-0.2, -0.15) is 5.10 Å². The van der Waals surface area contributed by atoms with Gasteiger partial charge in [0.25, 0.3) is 0 Å². The number of hydrogen-bond donors (Lipinski definition) is 1. The summed E-state index contributed by atoms with van der Waals surface area (Å²) >= 11 is 0. The summed E-state index contributed by atoms with van der Waals surface area (Å²) in [6, 6.07) is 6.04. The molecule has 0 unspecified atom stereocenters. The molecule has 0 atom stereocenters. The van der Waals surface area contributed by atoms with Crippen LogP contribution in [0.3, 0.4) is 0 Å². The van der Waals surface area contributed by atoms with E-state index in [0.717, 1.165) is 43.9 Å². The van der Waals surface area contributed by atoms with Gasteiger partial charge in [0.1, 0.15) is 0 Å². The van der Waals surface area contributed by atoms with Crippen molar-refractivity contribution in [1.82, 2.24) is 20.1 Å². The van der Waals surface area contributed by atoms with Gasteiger partial charge in [0.05, 0.1) is 5.69 Å². The highest BCUT2D eigenvalue weighted by atomic mass is 15.3. The monoisotopic (exact) mass is 272 g/mol. The van der Waals surface area contributed by atoms with Gasteiger partial charge in [-0.15, -0.1) is 0 Å². The van der Waals surface area contributed by atoms with Crippen molar-refractivity contribution in [2.45, 2.75) is 46.7 Å². The number of pyridine rings is 1. The maximum atomic E-state index is 4.65. The molecular weight excluding hydrogens is 248 g/mol. The summed E-state index contributed by atoms with van der Waals surface area (Å²) in [5.74, 6) is 0. The average Bonchev–Trinajstić information content (AvgIpc) is 2.74. The topological polar surface area (TPSA) is 42.7 Å². The van der Waals surface area contributed by atoms with Gasteiger partial charge in [-0.05, 0) is 38.9 Å². The van der Waals surface area contributed by atoms with Crippen LogP contribution in [0, 0.1) is 13.8 Å². The third kappa shape index (κ3) is 3.67. The highest BCUT2D eigenvalue weighted by molar-refractivity contribution is 5.24.